The van der Waals surface area contributed by atoms with E-state index in [1.165, 1.54) is 5.56 Å². The van der Waals surface area contributed by atoms with Gasteiger partial charge in [0.15, 0.2) is 5.12 Å². The van der Waals surface area contributed by atoms with Crippen molar-refractivity contribution in [2.24, 2.45) is 0 Å². The Hall–Kier alpha value is -1.82. The molecule has 0 saturated carbocycles. The van der Waals surface area contributed by atoms with Gasteiger partial charge >= 0.3 is 0 Å². The summed E-state index contributed by atoms with van der Waals surface area (Å²) >= 11 is 1.15. The number of nitrogens with one attached hydrogen (secondary N) is 1. The monoisotopic (exact) mass is 473 g/mol. The van der Waals surface area contributed by atoms with Gasteiger partial charge in [0, 0.05) is 23.9 Å². The molecule has 1 aromatic carbocycles. The van der Waals surface area contributed by atoms with Crippen LogP contribution in [-0.2, 0) is 11.2 Å². The molecule has 1 unspecified atom stereocenters. The van der Waals surface area contributed by atoms with Crippen molar-refractivity contribution in [2.75, 3.05) is 13.2 Å². The van der Waals surface area contributed by atoms with E-state index in [1.54, 1.807) is 6.92 Å². The quantitative estimate of drug-likeness (QED) is 0.235. The highest BCUT2D eigenvalue weighted by atomic mass is 32.2. The molecule has 1 rings (SSSR count). The van der Waals surface area contributed by atoms with Gasteiger partial charge in [-0.15, -0.1) is 0 Å². The molecular formula is C28H43NO3S. The lowest BCUT2D eigenvalue weighted by molar-refractivity contribution is -0.109. The number of hydrogen-bond acceptors (Lipinski definition) is 5. The zero-order valence-electron chi connectivity index (χ0n) is 21.6. The normalized spacial score (nSPS) is 13.2. The summed E-state index contributed by atoms with van der Waals surface area (Å²) in [5.41, 5.74) is 3.66. The molecule has 0 amide bonds. The number of ether oxygens (including phenoxy) is 1. The lowest BCUT2D eigenvalue weighted by Crippen LogP contribution is -2.45. The predicted molar refractivity (Wildman–Crippen MR) is 143 cm³/mol. The molecule has 4 nitrogen and oxygen atoms in total. The molecule has 0 fully saturated rings. The van der Waals surface area contributed by atoms with Crippen LogP contribution in [0.4, 0.5) is 0 Å². The molecule has 1 atom stereocenters. The second-order valence-electron chi connectivity index (χ2n) is 9.36. The van der Waals surface area contributed by atoms with E-state index in [0.29, 0.717) is 6.54 Å². The number of rotatable bonds is 14. The van der Waals surface area contributed by atoms with Crippen molar-refractivity contribution in [2.45, 2.75) is 85.8 Å². The Kier molecular flexibility index (Phi) is 12.8. The van der Waals surface area contributed by atoms with E-state index in [1.807, 2.05) is 39.0 Å². The van der Waals surface area contributed by atoms with Gasteiger partial charge in [-0.1, -0.05) is 62.4 Å². The number of unbranched alkanes of at least 4 members (excludes halogenated alkanes) is 1. The van der Waals surface area contributed by atoms with E-state index in [-0.39, 0.29) is 10.7 Å². The molecule has 0 heterocycles. The Labute approximate surface area is 205 Å². The lowest BCUT2D eigenvalue weighted by Gasteiger charge is -2.29. The number of carbonyl (C=O) groups excluding carboxylic acids is 1. The van der Waals surface area contributed by atoms with Crippen LogP contribution in [0.3, 0.4) is 0 Å². The first-order valence-corrected chi connectivity index (χ1v) is 12.7. The van der Waals surface area contributed by atoms with Crippen LogP contribution in [0.2, 0.25) is 0 Å². The van der Waals surface area contributed by atoms with Gasteiger partial charge in [-0.05, 0) is 75.8 Å². The Morgan fingerprint density at radius 1 is 1.21 bits per heavy atom. The lowest BCUT2D eigenvalue weighted by atomic mass is 9.94. The van der Waals surface area contributed by atoms with Crippen molar-refractivity contribution in [1.29, 1.82) is 0 Å². The average molecular weight is 474 g/mol. The van der Waals surface area contributed by atoms with E-state index in [2.05, 4.69) is 44.8 Å². The van der Waals surface area contributed by atoms with Gasteiger partial charge < -0.3 is 15.2 Å². The molecule has 0 spiro atoms. The largest absolute Gasteiger partial charge is 0.494 e. The maximum atomic E-state index is 11.9. The van der Waals surface area contributed by atoms with Gasteiger partial charge in [0.2, 0.25) is 0 Å². The van der Waals surface area contributed by atoms with Crippen molar-refractivity contribution >= 4 is 16.9 Å². The summed E-state index contributed by atoms with van der Waals surface area (Å²) < 4.78 is 5.75. The average Bonchev–Trinajstić information content (AvgIpc) is 2.74. The van der Waals surface area contributed by atoms with Crippen LogP contribution in [0.5, 0.6) is 5.75 Å². The van der Waals surface area contributed by atoms with Crippen molar-refractivity contribution in [3.63, 3.8) is 0 Å². The van der Waals surface area contributed by atoms with Crippen molar-refractivity contribution in [1.82, 2.24) is 5.32 Å². The SMILES string of the molecule is C=C(CC)C(SC(C)=O)=C(C=C(C)C)C(O)CNC(C)(C)Cc1ccc(OCCCC)cc1. The molecule has 1 aromatic rings. The number of benzene rings is 1. The molecule has 0 aliphatic rings. The van der Waals surface area contributed by atoms with E-state index in [4.69, 9.17) is 4.74 Å². The fourth-order valence-corrected chi connectivity index (χ4v) is 4.25. The fraction of sp³-hybridized carbons (Fsp3) is 0.536. The minimum Gasteiger partial charge on any atom is -0.494 e. The van der Waals surface area contributed by atoms with E-state index >= 15 is 0 Å². The number of aliphatic hydroxyl groups is 1. The summed E-state index contributed by atoms with van der Waals surface area (Å²) in [6, 6.07) is 8.24. The highest BCUT2D eigenvalue weighted by Crippen LogP contribution is 2.32. The van der Waals surface area contributed by atoms with Gasteiger partial charge in [-0.25, -0.2) is 0 Å². The number of thioether (sulfide) groups is 1. The highest BCUT2D eigenvalue weighted by Gasteiger charge is 2.23. The molecule has 0 saturated heterocycles. The number of carbonyl (C=O) groups is 1. The minimum atomic E-state index is -0.751. The zero-order chi connectivity index (χ0) is 25.0. The molecule has 5 heteroatoms. The molecule has 0 aliphatic heterocycles. The first kappa shape index (κ1) is 29.2. The number of aliphatic hydroxyl groups excluding tert-OH is 1. The number of allylic oxidation sites excluding steroid dienone is 2. The molecule has 0 radical (unpaired) electrons. The second-order valence-corrected chi connectivity index (χ2v) is 10.5. The van der Waals surface area contributed by atoms with E-state index in [9.17, 15) is 9.90 Å². The van der Waals surface area contributed by atoms with Crippen molar-refractivity contribution in [3.05, 3.63) is 64.1 Å². The third kappa shape index (κ3) is 11.2. The topological polar surface area (TPSA) is 58.6 Å². The van der Waals surface area contributed by atoms with Crippen LogP contribution in [0.25, 0.3) is 0 Å². The maximum Gasteiger partial charge on any atom is 0.190 e. The standard InChI is InChI=1S/C28H43NO3S/c1-9-11-16-32-24-14-12-23(13-15-24)18-28(7,8)29-19-26(31)25(17-20(3)4)27(21(5)10-2)33-22(6)30/h12-15,17,26,29,31H,5,9-11,16,18-19H2,1-4,6-8H3. The Morgan fingerprint density at radius 2 is 1.85 bits per heavy atom. The van der Waals surface area contributed by atoms with Gasteiger partial charge in [0.1, 0.15) is 5.75 Å². The molecule has 0 aliphatic carbocycles. The first-order valence-electron chi connectivity index (χ1n) is 11.9. The molecule has 33 heavy (non-hydrogen) atoms. The molecule has 0 bridgehead atoms. The molecule has 184 valence electrons. The van der Waals surface area contributed by atoms with Crippen LogP contribution in [0.1, 0.15) is 73.3 Å². The van der Waals surface area contributed by atoms with Crippen LogP contribution in [0, 0.1) is 0 Å². The third-order valence-corrected chi connectivity index (χ3v) is 6.19. The smallest absolute Gasteiger partial charge is 0.190 e. The van der Waals surface area contributed by atoms with E-state index in [0.717, 1.165) is 71.4 Å². The third-order valence-electron chi connectivity index (χ3n) is 5.17. The van der Waals surface area contributed by atoms with Crippen LogP contribution >= 0.6 is 11.8 Å². The highest BCUT2D eigenvalue weighted by molar-refractivity contribution is 8.17. The van der Waals surface area contributed by atoms with Gasteiger partial charge in [-0.2, -0.15) is 0 Å². The summed E-state index contributed by atoms with van der Waals surface area (Å²) in [5, 5.41) is 14.6. The predicted octanol–water partition coefficient (Wildman–Crippen LogP) is 6.60. The first-order chi connectivity index (χ1) is 15.5. The second kappa shape index (κ2) is 14.4. The van der Waals surface area contributed by atoms with E-state index < -0.39 is 6.10 Å². The summed E-state index contributed by atoms with van der Waals surface area (Å²) in [4.78, 5) is 12.6. The molecule has 2 N–H and O–H groups in total. The zero-order valence-corrected chi connectivity index (χ0v) is 22.4. The van der Waals surface area contributed by atoms with Gasteiger partial charge in [0.25, 0.3) is 0 Å². The number of hydrogen-bond donors (Lipinski definition) is 2. The maximum absolute atomic E-state index is 11.9. The summed E-state index contributed by atoms with van der Waals surface area (Å²) in [7, 11) is 0. The minimum absolute atomic E-state index is 0.0122. The summed E-state index contributed by atoms with van der Waals surface area (Å²) in [6.07, 6.45) is 4.92. The van der Waals surface area contributed by atoms with Gasteiger partial charge in [-0.3, -0.25) is 4.79 Å². The Morgan fingerprint density at radius 3 is 2.36 bits per heavy atom. The van der Waals surface area contributed by atoms with Crippen molar-refractivity contribution in [3.8, 4) is 5.75 Å². The fourth-order valence-electron chi connectivity index (χ4n) is 3.36. The molecule has 0 aromatic heterocycles. The Bertz CT molecular complexity index is 833. The van der Waals surface area contributed by atoms with Gasteiger partial charge in [0.05, 0.1) is 12.7 Å². The summed E-state index contributed by atoms with van der Waals surface area (Å²) in [5.74, 6) is 0.900. The van der Waals surface area contributed by atoms with Crippen LogP contribution in [0.15, 0.2) is 58.5 Å². The Balaban J connectivity index is 2.92. The van der Waals surface area contributed by atoms with Crippen LogP contribution < -0.4 is 10.1 Å². The van der Waals surface area contributed by atoms with Crippen LogP contribution in [-0.4, -0.2) is 35.0 Å². The number of β-amino-alcohol motifs (C(OH)–C–C–N with tert-alkyl or cyclic N) is 1. The summed E-state index contributed by atoms with van der Waals surface area (Å²) in [6.45, 7) is 19.2. The molecular weight excluding hydrogens is 430 g/mol. The van der Waals surface area contributed by atoms with Crippen molar-refractivity contribution < 1.29 is 14.6 Å².